The van der Waals surface area contributed by atoms with Gasteiger partial charge in [0.05, 0.1) is 12.2 Å². The minimum Gasteiger partial charge on any atom is -0.391 e. The van der Waals surface area contributed by atoms with Crippen molar-refractivity contribution in [1.82, 2.24) is 53.2 Å². The summed E-state index contributed by atoms with van der Waals surface area (Å²) in [6.07, 6.45) is 3.21. The first-order valence-corrected chi connectivity index (χ1v) is 27.8. The first-order chi connectivity index (χ1) is 37.6. The molecule has 0 aromatic heterocycles. The van der Waals surface area contributed by atoms with Gasteiger partial charge in [0.2, 0.25) is 59.1 Å². The average Bonchev–Trinajstić information content (AvgIpc) is 3.40. The lowest BCUT2D eigenvalue weighted by molar-refractivity contribution is -0.136. The maximum Gasteiger partial charge on any atom is 0.245 e. The zero-order valence-electron chi connectivity index (χ0n) is 46.3. The minimum atomic E-state index is -1.65. The highest BCUT2D eigenvalue weighted by molar-refractivity contribution is 5.99. The summed E-state index contributed by atoms with van der Waals surface area (Å²) in [5, 5.41) is 47.2. The van der Waals surface area contributed by atoms with Gasteiger partial charge in [0, 0.05) is 19.4 Å². The third-order valence-corrected chi connectivity index (χ3v) is 13.9. The van der Waals surface area contributed by atoms with E-state index in [0.717, 1.165) is 32.1 Å². The summed E-state index contributed by atoms with van der Waals surface area (Å²) in [7, 11) is 0. The van der Waals surface area contributed by atoms with E-state index in [1.807, 2.05) is 0 Å². The zero-order chi connectivity index (χ0) is 58.6. The normalized spacial score (nSPS) is 24.4. The monoisotopic (exact) mass is 1110 g/mol. The molecule has 1 heterocycles. The molecule has 1 aromatic rings. The van der Waals surface area contributed by atoms with E-state index in [9.17, 15) is 58.2 Å². The number of aliphatic hydroxyl groups is 2. The first kappa shape index (κ1) is 67.0. The Labute approximate surface area is 463 Å². The van der Waals surface area contributed by atoms with Crippen molar-refractivity contribution in [3.63, 3.8) is 0 Å². The molecule has 26 heteroatoms. The van der Waals surface area contributed by atoms with Crippen molar-refractivity contribution in [2.24, 2.45) is 34.8 Å². The third kappa shape index (κ3) is 23.5. The number of aliphatic hydroxyl groups excluding tert-OH is 2. The van der Waals surface area contributed by atoms with E-state index in [1.165, 1.54) is 20.3 Å². The highest BCUT2D eigenvalue weighted by atomic mass is 16.3. The standard InChI is InChI=1S/C53H90N14O12/c1-30(2)28-40-50(76)61-35(18-23-54)45(71)60-38(21-26-57)49(75)67-43(31(3)68)52(78)58-27-22-39(48(74)59-36(19-24-55)47(73)65-41(51(77)64-40)29-34-14-9-6-10-15-34)62-46(72)37(20-25-56)63-53(79)44(32(4)69)66-42(70)17-11-16-33-12-7-5-8-13-33/h6,9-10,14-15,30-33,35-41,43-44,68-69H,5,7-8,11-13,16-29,54-57H2,1-4H3,(H,58,78)(H,59,74)(H,60,71)(H,61,76)(H,62,72)(H,63,79)(H,64,77)(H,65,73)(H,66,70)(H,67,75)/t31-,32-,35+,36+,37+,38+,39+,40+,41-,43+,44+/m1/s1. The fraction of sp³-hybridized carbons (Fsp3) is 0.698. The van der Waals surface area contributed by atoms with Crippen LogP contribution in [-0.2, 0) is 54.4 Å². The number of hydrogen-bond donors (Lipinski definition) is 16. The van der Waals surface area contributed by atoms with Crippen molar-refractivity contribution in [3.8, 4) is 0 Å². The quantitative estimate of drug-likeness (QED) is 0.0498. The SMILES string of the molecule is CC(C)C[C@@H]1NC(=O)[C@@H](Cc2ccccc2)NC(=O)[C@H](CCN)NC(=O)[C@@H](NC(=O)[C@H](CCN)NC(=O)[C@@H](NC(=O)CCCC2CCCCC2)[C@@H](C)O)CCNC(=O)[C@H]([C@@H](C)O)NC(=O)[C@H](CCN)NC(=O)[C@H](CCN)NC1=O. The predicted molar refractivity (Wildman–Crippen MR) is 293 cm³/mol. The molecule has 2 aliphatic rings. The van der Waals surface area contributed by atoms with Gasteiger partial charge < -0.3 is 86.3 Å². The molecule has 1 saturated carbocycles. The predicted octanol–water partition coefficient (Wildman–Crippen LogP) is -3.93. The Hall–Kier alpha value is -6.32. The molecule has 2 fully saturated rings. The summed E-state index contributed by atoms with van der Waals surface area (Å²) in [6.45, 7) is 5.14. The van der Waals surface area contributed by atoms with E-state index in [-0.39, 0.29) is 77.0 Å². The Morgan fingerprint density at radius 2 is 1.11 bits per heavy atom. The van der Waals surface area contributed by atoms with Gasteiger partial charge in [0.15, 0.2) is 0 Å². The number of rotatable bonds is 23. The van der Waals surface area contributed by atoms with Gasteiger partial charge in [-0.05, 0) is 109 Å². The molecular weight excluding hydrogens is 1020 g/mol. The Morgan fingerprint density at radius 1 is 0.595 bits per heavy atom. The van der Waals surface area contributed by atoms with Crippen molar-refractivity contribution in [2.45, 2.75) is 191 Å². The molecule has 1 aliphatic heterocycles. The number of carbonyl (C=O) groups is 10. The topological polar surface area (TPSA) is 436 Å². The molecule has 3 rings (SSSR count). The van der Waals surface area contributed by atoms with Crippen molar-refractivity contribution in [3.05, 3.63) is 35.9 Å². The smallest absolute Gasteiger partial charge is 0.245 e. The Morgan fingerprint density at radius 3 is 1.65 bits per heavy atom. The van der Waals surface area contributed by atoms with Crippen LogP contribution in [0.15, 0.2) is 30.3 Å². The molecule has 0 spiro atoms. The van der Waals surface area contributed by atoms with Gasteiger partial charge in [-0.25, -0.2) is 0 Å². The largest absolute Gasteiger partial charge is 0.391 e. The Balaban J connectivity index is 2.05. The molecule has 0 unspecified atom stereocenters. The number of nitrogens with one attached hydrogen (secondary N) is 10. The van der Waals surface area contributed by atoms with Gasteiger partial charge >= 0.3 is 0 Å². The Kier molecular flexibility index (Phi) is 29.9. The van der Waals surface area contributed by atoms with Crippen LogP contribution in [-0.4, -0.2) is 169 Å². The van der Waals surface area contributed by atoms with Gasteiger partial charge in [-0.3, -0.25) is 47.9 Å². The number of amides is 10. The fourth-order valence-corrected chi connectivity index (χ4v) is 9.45. The molecule has 0 radical (unpaired) electrons. The van der Waals surface area contributed by atoms with Crippen molar-refractivity contribution >= 4 is 59.1 Å². The second-order valence-corrected chi connectivity index (χ2v) is 21.0. The number of nitrogens with two attached hydrogens (primary N) is 4. The fourth-order valence-electron chi connectivity index (χ4n) is 9.45. The van der Waals surface area contributed by atoms with Crippen molar-refractivity contribution in [1.29, 1.82) is 0 Å². The second-order valence-electron chi connectivity index (χ2n) is 21.0. The number of carbonyl (C=O) groups excluding carboxylic acids is 10. The van der Waals surface area contributed by atoms with E-state index >= 15 is 0 Å². The summed E-state index contributed by atoms with van der Waals surface area (Å²) in [6, 6.07) is -4.41. The lowest BCUT2D eigenvalue weighted by Gasteiger charge is -2.28. The van der Waals surface area contributed by atoms with Gasteiger partial charge in [-0.15, -0.1) is 0 Å². The number of hydrogen-bond acceptors (Lipinski definition) is 16. The van der Waals surface area contributed by atoms with Crippen LogP contribution in [0.2, 0.25) is 0 Å². The highest BCUT2D eigenvalue weighted by Crippen LogP contribution is 2.27. The van der Waals surface area contributed by atoms with E-state index in [2.05, 4.69) is 53.2 Å². The summed E-state index contributed by atoms with van der Waals surface area (Å²) in [5.41, 5.74) is 24.1. The molecule has 20 N–H and O–H groups in total. The van der Waals surface area contributed by atoms with Crippen LogP contribution < -0.4 is 76.1 Å². The molecule has 11 atom stereocenters. The maximum atomic E-state index is 14.5. The van der Waals surface area contributed by atoms with E-state index in [0.29, 0.717) is 17.9 Å². The number of benzene rings is 1. The van der Waals surface area contributed by atoms with Crippen molar-refractivity contribution < 1.29 is 58.2 Å². The lowest BCUT2D eigenvalue weighted by atomic mass is 9.86. The summed E-state index contributed by atoms with van der Waals surface area (Å²) in [4.78, 5) is 140. The maximum absolute atomic E-state index is 14.5. The van der Waals surface area contributed by atoms with Crippen LogP contribution in [0.3, 0.4) is 0 Å². The van der Waals surface area contributed by atoms with Crippen molar-refractivity contribution in [2.75, 3.05) is 32.7 Å². The van der Waals surface area contributed by atoms with E-state index in [1.54, 1.807) is 44.2 Å². The zero-order valence-corrected chi connectivity index (χ0v) is 46.3. The van der Waals surface area contributed by atoms with Gasteiger partial charge in [-0.1, -0.05) is 76.3 Å². The van der Waals surface area contributed by atoms with Gasteiger partial charge in [0.25, 0.3) is 0 Å². The van der Waals surface area contributed by atoms with Crippen LogP contribution in [0.1, 0.15) is 123 Å². The molecule has 10 amide bonds. The molecule has 444 valence electrons. The van der Waals surface area contributed by atoms with E-state index < -0.39 is 139 Å². The van der Waals surface area contributed by atoms with E-state index in [4.69, 9.17) is 22.9 Å². The molecule has 79 heavy (non-hydrogen) atoms. The van der Waals surface area contributed by atoms with Gasteiger partial charge in [-0.2, -0.15) is 0 Å². The molecule has 1 aliphatic carbocycles. The lowest BCUT2D eigenvalue weighted by Crippen LogP contribution is -2.61. The van der Waals surface area contributed by atoms with Crippen LogP contribution in [0.25, 0.3) is 0 Å². The minimum absolute atomic E-state index is 0.0638. The highest BCUT2D eigenvalue weighted by Gasteiger charge is 2.37. The molecular formula is C53H90N14O12. The second kappa shape index (κ2) is 35.3. The average molecular weight is 1120 g/mol. The first-order valence-electron chi connectivity index (χ1n) is 27.8. The Bertz CT molecular complexity index is 2150. The molecule has 0 bridgehead atoms. The summed E-state index contributed by atoms with van der Waals surface area (Å²) in [5.74, 6) is -8.21. The van der Waals surface area contributed by atoms with Crippen LogP contribution in [0.5, 0.6) is 0 Å². The van der Waals surface area contributed by atoms with Gasteiger partial charge in [0.1, 0.15) is 54.4 Å². The molecule has 1 saturated heterocycles. The van der Waals surface area contributed by atoms with Crippen LogP contribution >= 0.6 is 0 Å². The summed E-state index contributed by atoms with van der Waals surface area (Å²) < 4.78 is 0. The molecule has 26 nitrogen and oxygen atoms in total. The van der Waals surface area contributed by atoms with Crippen LogP contribution in [0, 0.1) is 11.8 Å². The summed E-state index contributed by atoms with van der Waals surface area (Å²) >= 11 is 0. The third-order valence-electron chi connectivity index (χ3n) is 13.9. The van der Waals surface area contributed by atoms with Crippen LogP contribution in [0.4, 0.5) is 0 Å². The molecule has 1 aromatic carbocycles.